The second-order valence-electron chi connectivity index (χ2n) is 6.61. The van der Waals surface area contributed by atoms with Crippen molar-refractivity contribution in [1.29, 1.82) is 0 Å². The number of aliphatic hydroxyl groups is 1. The van der Waals surface area contributed by atoms with Crippen molar-refractivity contribution in [1.82, 2.24) is 9.80 Å². The maximum Gasteiger partial charge on any atom is 0.0917 e. The lowest BCUT2D eigenvalue weighted by Gasteiger charge is -2.32. The first-order valence-corrected chi connectivity index (χ1v) is 8.18. The van der Waals surface area contributed by atoms with Gasteiger partial charge in [-0.25, -0.2) is 0 Å². The highest BCUT2D eigenvalue weighted by molar-refractivity contribution is 5.30. The van der Waals surface area contributed by atoms with Crippen LogP contribution in [0.1, 0.15) is 42.6 Å². The maximum atomic E-state index is 10.6. The molecule has 2 rings (SSSR count). The van der Waals surface area contributed by atoms with Crippen LogP contribution in [0.5, 0.6) is 0 Å². The summed E-state index contributed by atoms with van der Waals surface area (Å²) in [7, 11) is 2.20. The fourth-order valence-electron chi connectivity index (χ4n) is 3.45. The van der Waals surface area contributed by atoms with Gasteiger partial charge in [0.2, 0.25) is 0 Å². The summed E-state index contributed by atoms with van der Waals surface area (Å²) < 4.78 is 0. The molecule has 1 aromatic rings. The van der Waals surface area contributed by atoms with Gasteiger partial charge in [0.05, 0.1) is 6.10 Å². The van der Waals surface area contributed by atoms with E-state index in [-0.39, 0.29) is 6.10 Å². The maximum absolute atomic E-state index is 10.6. The van der Waals surface area contributed by atoms with Crippen LogP contribution in [0.25, 0.3) is 0 Å². The molecule has 1 aliphatic rings. The Hall–Kier alpha value is -0.900. The van der Waals surface area contributed by atoms with E-state index < -0.39 is 0 Å². The summed E-state index contributed by atoms with van der Waals surface area (Å²) in [6, 6.07) is 6.94. The zero-order valence-corrected chi connectivity index (χ0v) is 14.0. The lowest BCUT2D eigenvalue weighted by atomic mass is 10.0. The molecule has 1 aliphatic heterocycles. The number of likely N-dealkylation sites (N-methyl/N-ethyl adjacent to an activating group) is 1. The molecule has 1 N–H and O–H groups in total. The average Bonchev–Trinajstić information content (AvgIpc) is 2.59. The van der Waals surface area contributed by atoms with Crippen LogP contribution in [0.3, 0.4) is 0 Å². The molecule has 2 atom stereocenters. The van der Waals surface area contributed by atoms with Crippen LogP contribution in [0.15, 0.2) is 18.2 Å². The van der Waals surface area contributed by atoms with Crippen molar-refractivity contribution < 1.29 is 5.11 Å². The first-order valence-electron chi connectivity index (χ1n) is 8.18. The van der Waals surface area contributed by atoms with Crippen LogP contribution in [-0.2, 0) is 0 Å². The minimum atomic E-state index is -0.388. The van der Waals surface area contributed by atoms with Crippen molar-refractivity contribution in [3.8, 4) is 0 Å². The molecule has 118 valence electrons. The van der Waals surface area contributed by atoms with Gasteiger partial charge in [-0.1, -0.05) is 36.2 Å². The number of benzene rings is 1. The van der Waals surface area contributed by atoms with Gasteiger partial charge in [0, 0.05) is 19.1 Å². The van der Waals surface area contributed by atoms with Crippen molar-refractivity contribution in [3.63, 3.8) is 0 Å². The number of hydrogen-bond acceptors (Lipinski definition) is 3. The van der Waals surface area contributed by atoms with E-state index in [1.165, 1.54) is 17.5 Å². The summed E-state index contributed by atoms with van der Waals surface area (Å²) in [5.74, 6) is 0. The van der Waals surface area contributed by atoms with Crippen molar-refractivity contribution in [2.75, 3.05) is 33.2 Å². The molecule has 0 aliphatic carbocycles. The third-order valence-electron chi connectivity index (χ3n) is 4.53. The van der Waals surface area contributed by atoms with E-state index in [0.717, 1.165) is 38.2 Å². The van der Waals surface area contributed by atoms with Gasteiger partial charge in [-0.05, 0) is 52.4 Å². The van der Waals surface area contributed by atoms with Gasteiger partial charge in [0.1, 0.15) is 0 Å². The Morgan fingerprint density at radius 2 is 1.86 bits per heavy atom. The van der Waals surface area contributed by atoms with Crippen LogP contribution in [0.2, 0.25) is 0 Å². The second kappa shape index (κ2) is 7.39. The van der Waals surface area contributed by atoms with Gasteiger partial charge in [-0.15, -0.1) is 0 Å². The van der Waals surface area contributed by atoms with Gasteiger partial charge in [-0.2, -0.15) is 0 Å². The van der Waals surface area contributed by atoms with Crippen LogP contribution in [0, 0.1) is 13.8 Å². The number of nitrogens with zero attached hydrogens (tertiary/aromatic N) is 2. The Kier molecular flexibility index (Phi) is 5.80. The molecule has 0 amide bonds. The molecule has 0 spiro atoms. The molecule has 0 saturated carbocycles. The fourth-order valence-corrected chi connectivity index (χ4v) is 3.45. The molecule has 3 nitrogen and oxygen atoms in total. The second-order valence-corrected chi connectivity index (χ2v) is 6.61. The Bertz CT molecular complexity index is 440. The van der Waals surface area contributed by atoms with Crippen LogP contribution in [-0.4, -0.2) is 54.2 Å². The van der Waals surface area contributed by atoms with Gasteiger partial charge in [-0.3, -0.25) is 4.90 Å². The number of aryl methyl sites for hydroxylation is 2. The van der Waals surface area contributed by atoms with E-state index in [9.17, 15) is 5.11 Å². The smallest absolute Gasteiger partial charge is 0.0917 e. The molecule has 1 saturated heterocycles. The molecule has 0 radical (unpaired) electrons. The summed E-state index contributed by atoms with van der Waals surface area (Å²) >= 11 is 0. The lowest BCUT2D eigenvalue weighted by molar-refractivity contribution is 0.0853. The monoisotopic (exact) mass is 290 g/mol. The van der Waals surface area contributed by atoms with Crippen LogP contribution >= 0.6 is 0 Å². The fraction of sp³-hybridized carbons (Fsp3) is 0.667. The van der Waals surface area contributed by atoms with Gasteiger partial charge in [0.25, 0.3) is 0 Å². The van der Waals surface area contributed by atoms with Gasteiger partial charge < -0.3 is 10.0 Å². The Labute approximate surface area is 129 Å². The minimum absolute atomic E-state index is 0.388. The topological polar surface area (TPSA) is 26.7 Å². The van der Waals surface area contributed by atoms with Crippen molar-refractivity contribution in [3.05, 3.63) is 34.9 Å². The molecular formula is C18H30N2O. The summed E-state index contributed by atoms with van der Waals surface area (Å²) in [6.07, 6.45) is 1.94. The third-order valence-corrected chi connectivity index (χ3v) is 4.53. The van der Waals surface area contributed by atoms with Crippen molar-refractivity contribution in [2.45, 2.75) is 45.8 Å². The van der Waals surface area contributed by atoms with Gasteiger partial charge in [0.15, 0.2) is 0 Å². The summed E-state index contributed by atoms with van der Waals surface area (Å²) in [6.45, 7) is 10.5. The first kappa shape index (κ1) is 16.5. The van der Waals surface area contributed by atoms with Gasteiger partial charge >= 0.3 is 0 Å². The molecule has 2 unspecified atom stereocenters. The Morgan fingerprint density at radius 3 is 2.48 bits per heavy atom. The van der Waals surface area contributed by atoms with E-state index in [2.05, 4.69) is 55.8 Å². The quantitative estimate of drug-likeness (QED) is 0.923. The number of aliphatic hydroxyl groups excluding tert-OH is 1. The summed E-state index contributed by atoms with van der Waals surface area (Å²) in [5, 5.41) is 10.6. The van der Waals surface area contributed by atoms with E-state index in [0.29, 0.717) is 6.04 Å². The van der Waals surface area contributed by atoms with E-state index in [1.807, 2.05) is 0 Å². The molecule has 21 heavy (non-hydrogen) atoms. The van der Waals surface area contributed by atoms with Crippen LogP contribution < -0.4 is 0 Å². The number of hydrogen-bond donors (Lipinski definition) is 1. The molecule has 1 heterocycles. The van der Waals surface area contributed by atoms with E-state index in [1.54, 1.807) is 0 Å². The standard InChI is InChI=1S/C18H30N2O/c1-5-17-12-19(4)7-6-8-20(17)13-18(21)16-10-14(2)9-15(3)11-16/h9-11,17-18,21H,5-8,12-13H2,1-4H3. The van der Waals surface area contributed by atoms with E-state index >= 15 is 0 Å². The van der Waals surface area contributed by atoms with E-state index in [4.69, 9.17) is 0 Å². The number of β-amino-alcohol motifs (C(OH)–C–C–N with tert-alkyl or cyclic N) is 1. The normalized spacial score (nSPS) is 23.0. The molecule has 0 aromatic heterocycles. The third kappa shape index (κ3) is 4.53. The molecule has 1 aromatic carbocycles. The predicted octanol–water partition coefficient (Wildman–Crippen LogP) is 2.75. The predicted molar refractivity (Wildman–Crippen MR) is 88.6 cm³/mol. The first-order chi connectivity index (χ1) is 9.99. The molecule has 0 bridgehead atoms. The SMILES string of the molecule is CCC1CN(C)CCCN1CC(O)c1cc(C)cc(C)c1. The average molecular weight is 290 g/mol. The zero-order valence-electron chi connectivity index (χ0n) is 14.0. The molecule has 1 fully saturated rings. The van der Waals surface area contributed by atoms with Crippen molar-refractivity contribution in [2.24, 2.45) is 0 Å². The largest absolute Gasteiger partial charge is 0.387 e. The Balaban J connectivity index is 2.07. The highest BCUT2D eigenvalue weighted by Gasteiger charge is 2.24. The highest BCUT2D eigenvalue weighted by atomic mass is 16.3. The number of rotatable bonds is 4. The lowest BCUT2D eigenvalue weighted by Crippen LogP contribution is -2.41. The van der Waals surface area contributed by atoms with Crippen molar-refractivity contribution >= 4 is 0 Å². The van der Waals surface area contributed by atoms with Crippen LogP contribution in [0.4, 0.5) is 0 Å². The summed E-state index contributed by atoms with van der Waals surface area (Å²) in [5.41, 5.74) is 3.51. The zero-order chi connectivity index (χ0) is 15.4. The molecular weight excluding hydrogens is 260 g/mol. The Morgan fingerprint density at radius 1 is 1.19 bits per heavy atom. The minimum Gasteiger partial charge on any atom is -0.387 e. The highest BCUT2D eigenvalue weighted by Crippen LogP contribution is 2.21. The summed E-state index contributed by atoms with van der Waals surface area (Å²) in [4.78, 5) is 4.89. The molecule has 3 heteroatoms.